The molecule has 1 aromatic heterocycles. The number of aromatic nitrogens is 1. The van der Waals surface area contributed by atoms with Crippen molar-refractivity contribution in [3.05, 3.63) is 54.1 Å². The second-order valence-electron chi connectivity index (χ2n) is 4.88. The summed E-state index contributed by atoms with van der Waals surface area (Å²) < 4.78 is 12.9. The molecule has 1 unspecified atom stereocenters. The van der Waals surface area contributed by atoms with Crippen LogP contribution in [0.2, 0.25) is 0 Å². The van der Waals surface area contributed by atoms with Crippen LogP contribution in [0.1, 0.15) is 30.6 Å². The molecule has 0 aliphatic rings. The topological polar surface area (TPSA) is 54.0 Å². The minimum atomic E-state index is -0.291. The highest BCUT2D eigenvalue weighted by Gasteiger charge is 2.09. The molecule has 5 heteroatoms. The molecule has 1 atom stereocenters. The summed E-state index contributed by atoms with van der Waals surface area (Å²) in [7, 11) is 0. The zero-order valence-electron chi connectivity index (χ0n) is 12.1. The molecule has 1 amide bonds. The van der Waals surface area contributed by atoms with Crippen molar-refractivity contribution in [2.24, 2.45) is 0 Å². The third kappa shape index (κ3) is 4.27. The van der Waals surface area contributed by atoms with E-state index in [1.165, 1.54) is 18.3 Å². The Labute approximate surface area is 123 Å². The number of hydrogen-bond donors (Lipinski definition) is 2. The molecule has 0 saturated heterocycles. The molecule has 4 nitrogen and oxygen atoms in total. The van der Waals surface area contributed by atoms with Gasteiger partial charge in [0.2, 0.25) is 0 Å². The van der Waals surface area contributed by atoms with Crippen molar-refractivity contribution in [2.75, 3.05) is 5.32 Å². The molecule has 1 aromatic carbocycles. The largest absolute Gasteiger partial charge is 0.354 e. The van der Waals surface area contributed by atoms with Crippen molar-refractivity contribution in [3.8, 4) is 0 Å². The minimum Gasteiger partial charge on any atom is -0.354 e. The van der Waals surface area contributed by atoms with Crippen molar-refractivity contribution in [1.82, 2.24) is 10.3 Å². The zero-order chi connectivity index (χ0) is 15.2. The molecule has 0 fully saturated rings. The lowest BCUT2D eigenvalue weighted by atomic mass is 10.2. The lowest BCUT2D eigenvalue weighted by Gasteiger charge is -2.12. The SMILES string of the molecule is CCC(C)NC(=O)c1cncc(Nc2ccc(F)cc2)c1. The molecular formula is C16H18FN3O. The Hall–Kier alpha value is -2.43. The second-order valence-corrected chi connectivity index (χ2v) is 4.88. The minimum absolute atomic E-state index is 0.117. The smallest absolute Gasteiger partial charge is 0.253 e. The molecule has 0 aliphatic carbocycles. The van der Waals surface area contributed by atoms with Gasteiger partial charge < -0.3 is 10.6 Å². The van der Waals surface area contributed by atoms with E-state index in [2.05, 4.69) is 15.6 Å². The van der Waals surface area contributed by atoms with Crippen LogP contribution in [0.3, 0.4) is 0 Å². The molecule has 2 N–H and O–H groups in total. The predicted octanol–water partition coefficient (Wildman–Crippen LogP) is 3.49. The van der Waals surface area contributed by atoms with Gasteiger partial charge in [-0.3, -0.25) is 9.78 Å². The summed E-state index contributed by atoms with van der Waals surface area (Å²) in [6.07, 6.45) is 4.00. The summed E-state index contributed by atoms with van der Waals surface area (Å²) in [5, 5.41) is 5.97. The van der Waals surface area contributed by atoms with Gasteiger partial charge in [-0.1, -0.05) is 6.92 Å². The number of nitrogens with zero attached hydrogens (tertiary/aromatic N) is 1. The first-order valence-electron chi connectivity index (χ1n) is 6.87. The van der Waals surface area contributed by atoms with Gasteiger partial charge in [-0.25, -0.2) is 4.39 Å². The van der Waals surface area contributed by atoms with Crippen molar-refractivity contribution in [3.63, 3.8) is 0 Å². The van der Waals surface area contributed by atoms with Crippen LogP contribution in [0.15, 0.2) is 42.7 Å². The summed E-state index contributed by atoms with van der Waals surface area (Å²) in [6, 6.07) is 7.83. The van der Waals surface area contributed by atoms with E-state index in [-0.39, 0.29) is 17.8 Å². The number of carbonyl (C=O) groups excluding carboxylic acids is 1. The van der Waals surface area contributed by atoms with Gasteiger partial charge in [-0.2, -0.15) is 0 Å². The second kappa shape index (κ2) is 6.83. The summed E-state index contributed by atoms with van der Waals surface area (Å²) in [4.78, 5) is 16.1. The lowest BCUT2D eigenvalue weighted by Crippen LogP contribution is -2.31. The highest BCUT2D eigenvalue weighted by molar-refractivity contribution is 5.95. The van der Waals surface area contributed by atoms with Crippen LogP contribution in [0.5, 0.6) is 0 Å². The lowest BCUT2D eigenvalue weighted by molar-refractivity contribution is 0.0939. The molecule has 0 spiro atoms. The van der Waals surface area contributed by atoms with Crippen LogP contribution in [0.25, 0.3) is 0 Å². The first kappa shape index (κ1) is 15.0. The van der Waals surface area contributed by atoms with Gasteiger partial charge >= 0.3 is 0 Å². The van der Waals surface area contributed by atoms with Gasteiger partial charge in [0, 0.05) is 17.9 Å². The number of hydrogen-bond acceptors (Lipinski definition) is 3. The number of pyridine rings is 1. The number of anilines is 2. The van der Waals surface area contributed by atoms with Crippen LogP contribution >= 0.6 is 0 Å². The Kier molecular flexibility index (Phi) is 4.87. The molecule has 2 aromatic rings. The zero-order valence-corrected chi connectivity index (χ0v) is 12.1. The fourth-order valence-corrected chi connectivity index (χ4v) is 1.74. The van der Waals surface area contributed by atoms with Crippen molar-refractivity contribution in [2.45, 2.75) is 26.3 Å². The first-order valence-corrected chi connectivity index (χ1v) is 6.87. The normalized spacial score (nSPS) is 11.8. The monoisotopic (exact) mass is 287 g/mol. The van der Waals surface area contributed by atoms with E-state index < -0.39 is 0 Å². The molecule has 0 radical (unpaired) electrons. The molecule has 1 heterocycles. The summed E-state index contributed by atoms with van der Waals surface area (Å²) in [5.74, 6) is -0.444. The average Bonchev–Trinajstić information content (AvgIpc) is 2.49. The quantitative estimate of drug-likeness (QED) is 0.885. The van der Waals surface area contributed by atoms with Crippen LogP contribution in [0.4, 0.5) is 15.8 Å². The number of nitrogens with one attached hydrogen (secondary N) is 2. The van der Waals surface area contributed by atoms with E-state index in [1.807, 2.05) is 13.8 Å². The summed E-state index contributed by atoms with van der Waals surface area (Å²) >= 11 is 0. The highest BCUT2D eigenvalue weighted by atomic mass is 19.1. The van der Waals surface area contributed by atoms with Gasteiger partial charge in [0.15, 0.2) is 0 Å². The Balaban J connectivity index is 2.10. The standard InChI is InChI=1S/C16H18FN3O/c1-3-11(2)19-16(21)12-8-15(10-18-9-12)20-14-6-4-13(17)5-7-14/h4-11,20H,3H2,1-2H3,(H,19,21). The number of halogens is 1. The van der Waals surface area contributed by atoms with Crippen molar-refractivity contribution in [1.29, 1.82) is 0 Å². The van der Waals surface area contributed by atoms with E-state index in [0.717, 1.165) is 12.1 Å². The number of amides is 1. The Morgan fingerprint density at radius 3 is 2.62 bits per heavy atom. The fraction of sp³-hybridized carbons (Fsp3) is 0.250. The Morgan fingerprint density at radius 2 is 1.95 bits per heavy atom. The molecule has 0 aliphatic heterocycles. The average molecular weight is 287 g/mol. The van der Waals surface area contributed by atoms with E-state index in [0.29, 0.717) is 11.3 Å². The first-order chi connectivity index (χ1) is 10.1. The van der Waals surface area contributed by atoms with Crippen LogP contribution < -0.4 is 10.6 Å². The predicted molar refractivity (Wildman–Crippen MR) is 81.1 cm³/mol. The van der Waals surface area contributed by atoms with E-state index in [1.54, 1.807) is 24.4 Å². The Bertz CT molecular complexity index is 613. The summed E-state index contributed by atoms with van der Waals surface area (Å²) in [6.45, 7) is 3.96. The van der Waals surface area contributed by atoms with Crippen LogP contribution in [-0.4, -0.2) is 16.9 Å². The van der Waals surface area contributed by atoms with Gasteiger partial charge in [-0.05, 0) is 43.7 Å². The van der Waals surface area contributed by atoms with Crippen molar-refractivity contribution >= 4 is 17.3 Å². The number of benzene rings is 1. The number of carbonyl (C=O) groups is 1. The van der Waals surface area contributed by atoms with Gasteiger partial charge in [0.05, 0.1) is 17.4 Å². The van der Waals surface area contributed by atoms with Crippen molar-refractivity contribution < 1.29 is 9.18 Å². The van der Waals surface area contributed by atoms with Gasteiger partial charge in [-0.15, -0.1) is 0 Å². The molecule has 0 bridgehead atoms. The maximum Gasteiger partial charge on any atom is 0.253 e. The Morgan fingerprint density at radius 1 is 1.24 bits per heavy atom. The maximum atomic E-state index is 12.9. The highest BCUT2D eigenvalue weighted by Crippen LogP contribution is 2.17. The third-order valence-electron chi connectivity index (χ3n) is 3.12. The van der Waals surface area contributed by atoms with E-state index in [4.69, 9.17) is 0 Å². The van der Waals surface area contributed by atoms with E-state index >= 15 is 0 Å². The fourth-order valence-electron chi connectivity index (χ4n) is 1.74. The number of rotatable bonds is 5. The van der Waals surface area contributed by atoms with Crippen LogP contribution in [-0.2, 0) is 0 Å². The molecule has 21 heavy (non-hydrogen) atoms. The molecule has 0 saturated carbocycles. The molecular weight excluding hydrogens is 269 g/mol. The van der Waals surface area contributed by atoms with E-state index in [9.17, 15) is 9.18 Å². The summed E-state index contributed by atoms with van der Waals surface area (Å²) in [5.41, 5.74) is 1.90. The molecule has 110 valence electrons. The van der Waals surface area contributed by atoms with Gasteiger partial charge in [0.1, 0.15) is 5.82 Å². The van der Waals surface area contributed by atoms with Gasteiger partial charge in [0.25, 0.3) is 5.91 Å². The van der Waals surface area contributed by atoms with Crippen LogP contribution in [0, 0.1) is 5.82 Å². The third-order valence-corrected chi connectivity index (χ3v) is 3.12. The maximum absolute atomic E-state index is 12.9. The molecule has 2 rings (SSSR count).